The quantitative estimate of drug-likeness (QED) is 0.738. The van der Waals surface area contributed by atoms with Gasteiger partial charge in [-0.2, -0.15) is 0 Å². The number of benzene rings is 1. The van der Waals surface area contributed by atoms with E-state index in [0.717, 1.165) is 6.07 Å². The molecule has 0 fully saturated rings. The lowest BCUT2D eigenvalue weighted by Crippen LogP contribution is -2.44. The molecule has 1 aromatic carbocycles. The first-order valence-corrected chi connectivity index (χ1v) is 6.27. The van der Waals surface area contributed by atoms with Crippen molar-refractivity contribution in [1.29, 1.82) is 0 Å². The molecule has 0 saturated heterocycles. The number of aliphatic carboxylic acids is 1. The van der Waals surface area contributed by atoms with Crippen molar-refractivity contribution in [3.05, 3.63) is 35.6 Å². The minimum Gasteiger partial charge on any atom is -0.480 e. The van der Waals surface area contributed by atoms with Gasteiger partial charge in [-0.3, -0.25) is 4.79 Å². The minimum absolute atomic E-state index is 0.275. The molecule has 3 N–H and O–H groups in total. The molecule has 110 valence electrons. The van der Waals surface area contributed by atoms with E-state index in [1.54, 1.807) is 13.8 Å². The van der Waals surface area contributed by atoms with Gasteiger partial charge in [0.1, 0.15) is 11.9 Å². The van der Waals surface area contributed by atoms with Crippen LogP contribution in [-0.4, -0.2) is 28.1 Å². The molecule has 2 atom stereocenters. The second-order valence-electron chi connectivity index (χ2n) is 4.90. The molecule has 1 amide bonds. The number of nitrogens with one attached hydrogen (secondary N) is 1. The van der Waals surface area contributed by atoms with Gasteiger partial charge < -0.3 is 15.5 Å². The van der Waals surface area contributed by atoms with Gasteiger partial charge in [0, 0.05) is 0 Å². The van der Waals surface area contributed by atoms with E-state index in [1.807, 2.05) is 0 Å². The molecule has 1 aromatic rings. The lowest BCUT2D eigenvalue weighted by atomic mass is 10.0. The van der Waals surface area contributed by atoms with Crippen molar-refractivity contribution in [2.75, 3.05) is 0 Å². The topological polar surface area (TPSA) is 86.6 Å². The third-order valence-corrected chi connectivity index (χ3v) is 2.86. The summed E-state index contributed by atoms with van der Waals surface area (Å²) in [5.74, 6) is -2.51. The maximum atomic E-state index is 13.0. The Labute approximate surface area is 116 Å². The summed E-state index contributed by atoms with van der Waals surface area (Å²) in [7, 11) is 0. The summed E-state index contributed by atoms with van der Waals surface area (Å²) in [6.07, 6.45) is -1.49. The number of carboxylic acids is 1. The van der Waals surface area contributed by atoms with Gasteiger partial charge in [-0.25, -0.2) is 9.18 Å². The van der Waals surface area contributed by atoms with E-state index in [-0.39, 0.29) is 17.9 Å². The van der Waals surface area contributed by atoms with Gasteiger partial charge in [-0.05, 0) is 23.6 Å². The predicted octanol–water partition coefficient (Wildman–Crippen LogP) is 1.47. The molecule has 0 heterocycles. The van der Waals surface area contributed by atoms with Crippen molar-refractivity contribution >= 4 is 11.9 Å². The summed E-state index contributed by atoms with van der Waals surface area (Å²) in [6, 6.07) is 4.28. The molecule has 0 radical (unpaired) electrons. The summed E-state index contributed by atoms with van der Waals surface area (Å²) in [5, 5.41) is 21.1. The van der Waals surface area contributed by atoms with Crippen LogP contribution in [0.15, 0.2) is 24.3 Å². The van der Waals surface area contributed by atoms with Gasteiger partial charge in [-0.1, -0.05) is 26.0 Å². The number of halogens is 1. The number of carbonyl (C=O) groups is 2. The Hall–Kier alpha value is -1.95. The van der Waals surface area contributed by atoms with Gasteiger partial charge in [0.2, 0.25) is 5.91 Å². The maximum absolute atomic E-state index is 13.0. The number of aliphatic hydroxyl groups is 1. The molecule has 20 heavy (non-hydrogen) atoms. The lowest BCUT2D eigenvalue weighted by molar-refractivity contribution is -0.143. The Bertz CT molecular complexity index is 490. The molecule has 0 aliphatic heterocycles. The minimum atomic E-state index is -1.17. The zero-order chi connectivity index (χ0) is 15.3. The number of amides is 1. The molecule has 6 heteroatoms. The van der Waals surface area contributed by atoms with Gasteiger partial charge in [-0.15, -0.1) is 0 Å². The highest BCUT2D eigenvalue weighted by molar-refractivity contribution is 5.84. The third-order valence-electron chi connectivity index (χ3n) is 2.86. The monoisotopic (exact) mass is 283 g/mol. The van der Waals surface area contributed by atoms with Crippen LogP contribution in [0.5, 0.6) is 0 Å². The van der Waals surface area contributed by atoms with E-state index in [2.05, 4.69) is 5.32 Å². The van der Waals surface area contributed by atoms with Crippen molar-refractivity contribution in [1.82, 2.24) is 5.32 Å². The number of aliphatic hydroxyl groups excluding tert-OH is 1. The summed E-state index contributed by atoms with van der Waals surface area (Å²) in [4.78, 5) is 22.7. The highest BCUT2D eigenvalue weighted by Gasteiger charge is 2.24. The second kappa shape index (κ2) is 7.00. The molecule has 2 unspecified atom stereocenters. The van der Waals surface area contributed by atoms with E-state index in [4.69, 9.17) is 5.11 Å². The van der Waals surface area contributed by atoms with Gasteiger partial charge >= 0.3 is 5.97 Å². The lowest BCUT2D eigenvalue weighted by Gasteiger charge is -2.19. The Morgan fingerprint density at radius 2 is 2.00 bits per heavy atom. The Balaban J connectivity index is 2.64. The SMILES string of the molecule is CC(C)C(NC(=O)CC(O)c1cccc(F)c1)C(=O)O. The number of rotatable bonds is 6. The van der Waals surface area contributed by atoms with E-state index in [9.17, 15) is 19.1 Å². The van der Waals surface area contributed by atoms with Crippen LogP contribution in [-0.2, 0) is 9.59 Å². The first-order chi connectivity index (χ1) is 9.31. The van der Waals surface area contributed by atoms with Gasteiger partial charge in [0.05, 0.1) is 12.5 Å². The molecule has 0 saturated carbocycles. The van der Waals surface area contributed by atoms with Crippen molar-refractivity contribution in [3.8, 4) is 0 Å². The first-order valence-electron chi connectivity index (χ1n) is 6.27. The fourth-order valence-electron chi connectivity index (χ4n) is 1.75. The molecule has 5 nitrogen and oxygen atoms in total. The van der Waals surface area contributed by atoms with Crippen molar-refractivity contribution in [3.63, 3.8) is 0 Å². The number of carbonyl (C=O) groups excluding carboxylic acids is 1. The predicted molar refractivity (Wildman–Crippen MR) is 70.4 cm³/mol. The van der Waals surface area contributed by atoms with Crippen LogP contribution in [0, 0.1) is 11.7 Å². The Kier molecular flexibility index (Phi) is 5.64. The number of carboxylic acid groups (broad SMARTS) is 1. The van der Waals surface area contributed by atoms with Crippen LogP contribution in [0.1, 0.15) is 31.9 Å². The van der Waals surface area contributed by atoms with Crippen LogP contribution >= 0.6 is 0 Å². The van der Waals surface area contributed by atoms with Gasteiger partial charge in [0.25, 0.3) is 0 Å². The van der Waals surface area contributed by atoms with Crippen LogP contribution < -0.4 is 5.32 Å². The van der Waals surface area contributed by atoms with Crippen molar-refractivity contribution in [2.24, 2.45) is 5.92 Å². The molecular weight excluding hydrogens is 265 g/mol. The summed E-state index contributed by atoms with van der Waals surface area (Å²) >= 11 is 0. The Morgan fingerprint density at radius 3 is 2.50 bits per heavy atom. The average Bonchev–Trinajstić information content (AvgIpc) is 2.35. The van der Waals surface area contributed by atoms with E-state index < -0.39 is 29.8 Å². The normalized spacial score (nSPS) is 13.8. The summed E-state index contributed by atoms with van der Waals surface area (Å²) < 4.78 is 13.0. The number of hydrogen-bond donors (Lipinski definition) is 3. The second-order valence-corrected chi connectivity index (χ2v) is 4.90. The third kappa shape index (κ3) is 4.62. The van der Waals surface area contributed by atoms with Crippen LogP contribution in [0.25, 0.3) is 0 Å². The first kappa shape index (κ1) is 16.1. The fourth-order valence-corrected chi connectivity index (χ4v) is 1.75. The maximum Gasteiger partial charge on any atom is 0.326 e. The van der Waals surface area contributed by atoms with Crippen LogP contribution in [0.4, 0.5) is 4.39 Å². The van der Waals surface area contributed by atoms with E-state index in [0.29, 0.717) is 0 Å². The van der Waals surface area contributed by atoms with Crippen molar-refractivity contribution in [2.45, 2.75) is 32.4 Å². The standard InChI is InChI=1S/C14H18FNO4/c1-8(2)13(14(19)20)16-12(18)7-11(17)9-4-3-5-10(15)6-9/h3-6,8,11,13,17H,7H2,1-2H3,(H,16,18)(H,19,20). The molecule has 0 aromatic heterocycles. The van der Waals surface area contributed by atoms with Crippen LogP contribution in [0.3, 0.4) is 0 Å². The zero-order valence-corrected chi connectivity index (χ0v) is 11.3. The smallest absolute Gasteiger partial charge is 0.326 e. The van der Waals surface area contributed by atoms with Gasteiger partial charge in [0.15, 0.2) is 0 Å². The molecule has 0 spiro atoms. The molecule has 1 rings (SSSR count). The summed E-state index contributed by atoms with van der Waals surface area (Å²) in [5.41, 5.74) is 0.275. The summed E-state index contributed by atoms with van der Waals surface area (Å²) in [6.45, 7) is 3.34. The van der Waals surface area contributed by atoms with E-state index >= 15 is 0 Å². The molecule has 0 aliphatic rings. The highest BCUT2D eigenvalue weighted by Crippen LogP contribution is 2.17. The molecule has 0 aliphatic carbocycles. The Morgan fingerprint density at radius 1 is 1.35 bits per heavy atom. The highest BCUT2D eigenvalue weighted by atomic mass is 19.1. The largest absolute Gasteiger partial charge is 0.480 e. The molecule has 0 bridgehead atoms. The average molecular weight is 283 g/mol. The fraction of sp³-hybridized carbons (Fsp3) is 0.429. The zero-order valence-electron chi connectivity index (χ0n) is 11.3. The number of hydrogen-bond acceptors (Lipinski definition) is 3. The van der Waals surface area contributed by atoms with E-state index in [1.165, 1.54) is 18.2 Å². The van der Waals surface area contributed by atoms with Crippen molar-refractivity contribution < 1.29 is 24.2 Å². The molecular formula is C14H18FNO4. The van der Waals surface area contributed by atoms with Crippen LogP contribution in [0.2, 0.25) is 0 Å².